The first kappa shape index (κ1) is 26.2. The van der Waals surface area contributed by atoms with Crippen LogP contribution in [-0.4, -0.2) is 0 Å². The van der Waals surface area contributed by atoms with Gasteiger partial charge in [0.1, 0.15) is 0 Å². The molecule has 1 aromatic heterocycles. The predicted molar refractivity (Wildman–Crippen MR) is 191 cm³/mol. The second-order valence-corrected chi connectivity index (χ2v) is 12.2. The lowest BCUT2D eigenvalue weighted by atomic mass is 9.92. The van der Waals surface area contributed by atoms with Crippen LogP contribution in [0.2, 0.25) is 0 Å². The summed E-state index contributed by atoms with van der Waals surface area (Å²) in [5, 5.41) is 6.29. The Morgan fingerprint density at radius 2 is 0.841 bits per heavy atom. The van der Waals surface area contributed by atoms with Crippen molar-refractivity contribution >= 4 is 42.9 Å². The molecule has 0 radical (unpaired) electrons. The molecule has 44 heavy (non-hydrogen) atoms. The van der Waals surface area contributed by atoms with E-state index in [4.69, 9.17) is 0 Å². The number of anilines is 2. The Labute approximate surface area is 261 Å². The zero-order valence-electron chi connectivity index (χ0n) is 24.1. The van der Waals surface area contributed by atoms with Crippen molar-refractivity contribution in [2.75, 3.05) is 5.32 Å². The molecule has 0 aliphatic carbocycles. The Morgan fingerprint density at radius 1 is 0.318 bits per heavy atom. The van der Waals surface area contributed by atoms with Crippen LogP contribution in [0.25, 0.3) is 64.7 Å². The first-order valence-corrected chi connectivity index (χ1v) is 15.7. The molecule has 0 spiro atoms. The van der Waals surface area contributed by atoms with Gasteiger partial charge in [0.05, 0.1) is 0 Å². The Kier molecular flexibility index (Phi) is 6.75. The van der Waals surface area contributed by atoms with E-state index in [1.54, 1.807) is 0 Å². The highest BCUT2D eigenvalue weighted by molar-refractivity contribution is 7.25. The second kappa shape index (κ2) is 11.3. The van der Waals surface area contributed by atoms with E-state index in [-0.39, 0.29) is 0 Å². The summed E-state index contributed by atoms with van der Waals surface area (Å²) in [5.41, 5.74) is 11.8. The van der Waals surface area contributed by atoms with Crippen molar-refractivity contribution in [1.29, 1.82) is 0 Å². The van der Waals surface area contributed by atoms with Gasteiger partial charge in [-0.25, -0.2) is 0 Å². The molecule has 8 rings (SSSR count). The molecule has 2 heteroatoms. The summed E-state index contributed by atoms with van der Waals surface area (Å²) < 4.78 is 2.65. The van der Waals surface area contributed by atoms with Crippen LogP contribution in [-0.2, 0) is 0 Å². The SMILES string of the molecule is c1ccc(-c2ccc(Nc3ccc(-c4ccc5sc6ccccc6c5c4)c(-c4ccc(-c5ccccc5)cc4)c3)cc2)cc1. The van der Waals surface area contributed by atoms with E-state index in [1.165, 1.54) is 64.7 Å². The van der Waals surface area contributed by atoms with Crippen LogP contribution < -0.4 is 5.32 Å². The van der Waals surface area contributed by atoms with Crippen molar-refractivity contribution in [3.8, 4) is 44.5 Å². The molecule has 1 heterocycles. The quantitative estimate of drug-likeness (QED) is 0.207. The lowest BCUT2D eigenvalue weighted by molar-refractivity contribution is 1.52. The normalized spacial score (nSPS) is 11.2. The second-order valence-electron chi connectivity index (χ2n) is 11.1. The number of nitrogens with one attached hydrogen (secondary N) is 1. The van der Waals surface area contributed by atoms with Gasteiger partial charge in [0, 0.05) is 31.5 Å². The minimum Gasteiger partial charge on any atom is -0.356 e. The third-order valence-corrected chi connectivity index (χ3v) is 9.44. The first-order chi connectivity index (χ1) is 21.8. The molecule has 208 valence electrons. The van der Waals surface area contributed by atoms with Gasteiger partial charge in [-0.05, 0) is 87.0 Å². The standard InChI is InChI=1S/C42H29NS/c1-3-9-29(10-4-1)31-15-17-33(18-16-31)39-28-36(43-35-22-19-32(20-23-35)30-11-5-2-6-12-30)24-25-37(39)34-21-26-42-40(27-34)38-13-7-8-14-41(38)44-42/h1-28,43H. The van der Waals surface area contributed by atoms with Crippen molar-refractivity contribution in [3.05, 3.63) is 170 Å². The molecule has 1 nitrogen and oxygen atoms in total. The molecule has 8 aromatic rings. The highest BCUT2D eigenvalue weighted by atomic mass is 32.1. The molecule has 1 N–H and O–H groups in total. The fourth-order valence-electron chi connectivity index (χ4n) is 6.02. The average molecular weight is 580 g/mol. The molecule has 7 aromatic carbocycles. The lowest BCUT2D eigenvalue weighted by Crippen LogP contribution is -1.93. The minimum atomic E-state index is 1.06. The number of fused-ring (bicyclic) bond motifs is 3. The van der Waals surface area contributed by atoms with Crippen LogP contribution in [0.4, 0.5) is 11.4 Å². The smallest absolute Gasteiger partial charge is 0.0390 e. The van der Waals surface area contributed by atoms with Gasteiger partial charge in [0.2, 0.25) is 0 Å². The third kappa shape index (κ3) is 5.06. The van der Waals surface area contributed by atoms with E-state index < -0.39 is 0 Å². The number of thiophene rings is 1. The Morgan fingerprint density at radius 3 is 1.55 bits per heavy atom. The molecule has 0 saturated heterocycles. The predicted octanol–water partition coefficient (Wildman–Crippen LogP) is 12.5. The molecular weight excluding hydrogens is 551 g/mol. The summed E-state index contributed by atoms with van der Waals surface area (Å²) in [5.74, 6) is 0. The Bertz CT molecular complexity index is 2210. The van der Waals surface area contributed by atoms with Gasteiger partial charge in [-0.2, -0.15) is 0 Å². The van der Waals surface area contributed by atoms with E-state index in [9.17, 15) is 0 Å². The summed E-state index contributed by atoms with van der Waals surface area (Å²) in [4.78, 5) is 0. The molecule has 0 unspecified atom stereocenters. The highest BCUT2D eigenvalue weighted by Gasteiger charge is 2.13. The maximum Gasteiger partial charge on any atom is 0.0390 e. The van der Waals surface area contributed by atoms with Crippen LogP contribution in [0.3, 0.4) is 0 Å². The van der Waals surface area contributed by atoms with Crippen molar-refractivity contribution in [1.82, 2.24) is 0 Å². The molecular formula is C42H29NS. The molecule has 0 amide bonds. The van der Waals surface area contributed by atoms with Crippen molar-refractivity contribution < 1.29 is 0 Å². The van der Waals surface area contributed by atoms with Gasteiger partial charge < -0.3 is 5.32 Å². The van der Waals surface area contributed by atoms with Gasteiger partial charge in [-0.3, -0.25) is 0 Å². The van der Waals surface area contributed by atoms with Crippen LogP contribution in [0.1, 0.15) is 0 Å². The van der Waals surface area contributed by atoms with Crippen LogP contribution in [0.15, 0.2) is 170 Å². The summed E-state index contributed by atoms with van der Waals surface area (Å²) in [6, 6.07) is 61.0. The molecule has 0 aliphatic rings. The maximum atomic E-state index is 3.66. The largest absolute Gasteiger partial charge is 0.356 e. The van der Waals surface area contributed by atoms with E-state index in [1.807, 2.05) is 11.3 Å². The molecule has 0 aliphatic heterocycles. The van der Waals surface area contributed by atoms with Crippen molar-refractivity contribution in [2.45, 2.75) is 0 Å². The number of benzene rings is 7. The van der Waals surface area contributed by atoms with Crippen molar-refractivity contribution in [2.24, 2.45) is 0 Å². The number of rotatable bonds is 6. The summed E-state index contributed by atoms with van der Waals surface area (Å²) in [7, 11) is 0. The van der Waals surface area contributed by atoms with Gasteiger partial charge >= 0.3 is 0 Å². The summed E-state index contributed by atoms with van der Waals surface area (Å²) in [6.07, 6.45) is 0. The fraction of sp³-hybridized carbons (Fsp3) is 0. The zero-order chi connectivity index (χ0) is 29.3. The van der Waals surface area contributed by atoms with Gasteiger partial charge in [0.15, 0.2) is 0 Å². The van der Waals surface area contributed by atoms with Crippen molar-refractivity contribution in [3.63, 3.8) is 0 Å². The van der Waals surface area contributed by atoms with Gasteiger partial charge in [-0.1, -0.05) is 127 Å². The fourth-order valence-corrected chi connectivity index (χ4v) is 7.11. The van der Waals surface area contributed by atoms with E-state index in [2.05, 4.69) is 175 Å². The average Bonchev–Trinajstić information content (AvgIpc) is 3.47. The minimum absolute atomic E-state index is 1.06. The summed E-state index contributed by atoms with van der Waals surface area (Å²) >= 11 is 1.86. The third-order valence-electron chi connectivity index (χ3n) is 8.29. The van der Waals surface area contributed by atoms with Crippen LogP contribution in [0.5, 0.6) is 0 Å². The van der Waals surface area contributed by atoms with Crippen LogP contribution in [0, 0.1) is 0 Å². The van der Waals surface area contributed by atoms with E-state index >= 15 is 0 Å². The molecule has 0 bridgehead atoms. The maximum absolute atomic E-state index is 3.66. The lowest BCUT2D eigenvalue weighted by Gasteiger charge is -2.15. The topological polar surface area (TPSA) is 12.0 Å². The number of hydrogen-bond donors (Lipinski definition) is 1. The van der Waals surface area contributed by atoms with Gasteiger partial charge in [0.25, 0.3) is 0 Å². The Balaban J connectivity index is 1.20. The monoisotopic (exact) mass is 579 g/mol. The molecule has 0 fully saturated rings. The van der Waals surface area contributed by atoms with Crippen LogP contribution >= 0.6 is 11.3 Å². The number of hydrogen-bond acceptors (Lipinski definition) is 2. The first-order valence-electron chi connectivity index (χ1n) is 14.9. The van der Waals surface area contributed by atoms with Gasteiger partial charge in [-0.15, -0.1) is 11.3 Å². The molecule has 0 saturated carbocycles. The molecule has 0 atom stereocenters. The highest BCUT2D eigenvalue weighted by Crippen LogP contribution is 2.40. The van der Waals surface area contributed by atoms with E-state index in [0.29, 0.717) is 0 Å². The zero-order valence-corrected chi connectivity index (χ0v) is 24.9. The summed E-state index contributed by atoms with van der Waals surface area (Å²) in [6.45, 7) is 0. The Hall–Kier alpha value is -5.44. The van der Waals surface area contributed by atoms with E-state index in [0.717, 1.165) is 11.4 Å².